The summed E-state index contributed by atoms with van der Waals surface area (Å²) in [6.45, 7) is 0. The molecule has 3 aromatic carbocycles. The van der Waals surface area contributed by atoms with Gasteiger partial charge in [-0.15, -0.1) is 0 Å². The fraction of sp³-hybridized carbons (Fsp3) is 0.0435. The van der Waals surface area contributed by atoms with Gasteiger partial charge in [0.15, 0.2) is 0 Å². The van der Waals surface area contributed by atoms with Crippen LogP contribution in [0.4, 0.5) is 0 Å². The highest BCUT2D eigenvalue weighted by Gasteiger charge is 2.11. The number of ether oxygens (including phenoxy) is 1. The Balaban J connectivity index is 1.89. The fourth-order valence-corrected chi connectivity index (χ4v) is 3.25. The first kappa shape index (κ1) is 18.2. The van der Waals surface area contributed by atoms with Crippen molar-refractivity contribution in [1.82, 2.24) is 9.55 Å². The second kappa shape index (κ2) is 7.82. The van der Waals surface area contributed by atoms with E-state index in [1.54, 1.807) is 17.7 Å². The van der Waals surface area contributed by atoms with Gasteiger partial charge in [-0.1, -0.05) is 46.3 Å². The lowest BCUT2D eigenvalue weighted by molar-refractivity contribution is 0.414. The van der Waals surface area contributed by atoms with E-state index in [9.17, 15) is 4.79 Å². The van der Waals surface area contributed by atoms with E-state index in [1.165, 1.54) is 0 Å². The zero-order valence-corrected chi connectivity index (χ0v) is 16.8. The van der Waals surface area contributed by atoms with Crippen LogP contribution in [0.2, 0.25) is 0 Å². The van der Waals surface area contributed by atoms with E-state index in [2.05, 4.69) is 15.9 Å². The van der Waals surface area contributed by atoms with Gasteiger partial charge >= 0.3 is 0 Å². The highest BCUT2D eigenvalue weighted by Crippen LogP contribution is 2.19. The molecule has 1 heterocycles. The van der Waals surface area contributed by atoms with Crippen LogP contribution in [0, 0.1) is 0 Å². The van der Waals surface area contributed by atoms with Crippen molar-refractivity contribution in [2.75, 3.05) is 7.11 Å². The van der Waals surface area contributed by atoms with Crippen molar-refractivity contribution < 1.29 is 4.74 Å². The Morgan fingerprint density at radius 3 is 2.36 bits per heavy atom. The summed E-state index contributed by atoms with van der Waals surface area (Å²) in [7, 11) is 1.62. The van der Waals surface area contributed by atoms with Crippen LogP contribution in [-0.2, 0) is 0 Å². The third-order valence-corrected chi connectivity index (χ3v) is 4.96. The van der Waals surface area contributed by atoms with Crippen LogP contribution in [0.15, 0.2) is 82.1 Å². The molecule has 4 nitrogen and oxygen atoms in total. The maximum Gasteiger partial charge on any atom is 0.266 e. The number of hydrogen-bond acceptors (Lipinski definition) is 3. The van der Waals surface area contributed by atoms with Crippen molar-refractivity contribution in [2.45, 2.75) is 0 Å². The predicted molar refractivity (Wildman–Crippen MR) is 117 cm³/mol. The van der Waals surface area contributed by atoms with Gasteiger partial charge in [-0.05, 0) is 60.2 Å². The van der Waals surface area contributed by atoms with Gasteiger partial charge in [0.25, 0.3) is 5.56 Å². The number of hydrogen-bond donors (Lipinski definition) is 0. The number of aromatic nitrogens is 2. The molecule has 0 aliphatic carbocycles. The molecular formula is C23H17BrN2O2. The van der Waals surface area contributed by atoms with Gasteiger partial charge in [0.2, 0.25) is 0 Å². The van der Waals surface area contributed by atoms with Crippen LogP contribution in [0.3, 0.4) is 0 Å². The minimum absolute atomic E-state index is 0.105. The number of rotatable bonds is 4. The third kappa shape index (κ3) is 3.62. The molecular weight excluding hydrogens is 416 g/mol. The van der Waals surface area contributed by atoms with E-state index in [-0.39, 0.29) is 5.56 Å². The monoisotopic (exact) mass is 432 g/mol. The molecule has 0 atom stereocenters. The van der Waals surface area contributed by atoms with Crippen LogP contribution < -0.4 is 10.3 Å². The second-order valence-corrected chi connectivity index (χ2v) is 7.13. The molecule has 4 rings (SSSR count). The van der Waals surface area contributed by atoms with Crippen molar-refractivity contribution in [1.29, 1.82) is 0 Å². The van der Waals surface area contributed by atoms with E-state index in [0.29, 0.717) is 16.7 Å². The summed E-state index contributed by atoms with van der Waals surface area (Å²) in [5.41, 5.74) is 2.32. The van der Waals surface area contributed by atoms with Gasteiger partial charge in [0, 0.05) is 4.47 Å². The summed E-state index contributed by atoms with van der Waals surface area (Å²) in [6, 6.07) is 22.7. The van der Waals surface area contributed by atoms with E-state index in [4.69, 9.17) is 9.72 Å². The Labute approximate surface area is 170 Å². The molecule has 0 spiro atoms. The molecule has 4 aromatic rings. The topological polar surface area (TPSA) is 44.1 Å². The van der Waals surface area contributed by atoms with Crippen LogP contribution in [0.1, 0.15) is 11.4 Å². The smallest absolute Gasteiger partial charge is 0.266 e. The minimum Gasteiger partial charge on any atom is -0.497 e. The van der Waals surface area contributed by atoms with Crippen LogP contribution in [0.25, 0.3) is 28.7 Å². The van der Waals surface area contributed by atoms with E-state index >= 15 is 0 Å². The first-order valence-corrected chi connectivity index (χ1v) is 9.55. The Kier molecular flexibility index (Phi) is 5.08. The minimum atomic E-state index is -0.105. The van der Waals surface area contributed by atoms with Crippen LogP contribution in [0.5, 0.6) is 5.75 Å². The largest absolute Gasteiger partial charge is 0.497 e. The molecule has 0 saturated carbocycles. The van der Waals surface area contributed by atoms with Gasteiger partial charge < -0.3 is 4.74 Å². The SMILES string of the molecule is COc1ccc(-n2c(/C=C/c3ccc(Br)cc3)nc3ccccc3c2=O)cc1. The van der Waals surface area contributed by atoms with Crippen molar-refractivity contribution in [3.8, 4) is 11.4 Å². The summed E-state index contributed by atoms with van der Waals surface area (Å²) < 4.78 is 7.87. The lowest BCUT2D eigenvalue weighted by Gasteiger charge is -2.12. The summed E-state index contributed by atoms with van der Waals surface area (Å²) in [5, 5.41) is 0.583. The van der Waals surface area contributed by atoms with Crippen molar-refractivity contribution in [3.63, 3.8) is 0 Å². The second-order valence-electron chi connectivity index (χ2n) is 6.21. The normalized spacial score (nSPS) is 11.2. The summed E-state index contributed by atoms with van der Waals surface area (Å²) in [6.07, 6.45) is 3.81. The molecule has 0 fully saturated rings. The number of nitrogens with zero attached hydrogens (tertiary/aromatic N) is 2. The number of fused-ring (bicyclic) bond motifs is 1. The average Bonchev–Trinajstić information content (AvgIpc) is 2.74. The lowest BCUT2D eigenvalue weighted by Crippen LogP contribution is -2.22. The lowest BCUT2D eigenvalue weighted by atomic mass is 10.2. The van der Waals surface area contributed by atoms with E-state index in [0.717, 1.165) is 21.5 Å². The number of benzene rings is 3. The summed E-state index contributed by atoms with van der Waals surface area (Å²) in [4.78, 5) is 17.9. The molecule has 0 aliphatic heterocycles. The van der Waals surface area contributed by atoms with Crippen LogP contribution in [-0.4, -0.2) is 16.7 Å². The van der Waals surface area contributed by atoms with Gasteiger partial charge in [-0.2, -0.15) is 0 Å². The van der Waals surface area contributed by atoms with Crippen molar-refractivity contribution >= 4 is 39.0 Å². The fourth-order valence-electron chi connectivity index (χ4n) is 2.99. The van der Waals surface area contributed by atoms with Gasteiger partial charge in [0.05, 0.1) is 23.7 Å². The standard InChI is InChI=1S/C23H17BrN2O2/c1-28-19-13-11-18(12-14-19)26-22(15-8-16-6-9-17(24)10-7-16)25-21-5-3-2-4-20(21)23(26)27/h2-15H,1H3/b15-8+. The Morgan fingerprint density at radius 1 is 0.929 bits per heavy atom. The predicted octanol–water partition coefficient (Wildman–Crippen LogP) is 5.33. The Hall–Kier alpha value is -3.18. The van der Waals surface area contributed by atoms with Crippen molar-refractivity contribution in [3.05, 3.63) is 99.0 Å². The molecule has 0 bridgehead atoms. The first-order chi connectivity index (χ1) is 13.7. The molecule has 0 amide bonds. The molecule has 0 N–H and O–H groups in total. The third-order valence-electron chi connectivity index (χ3n) is 4.43. The Bertz CT molecular complexity index is 1210. The quantitative estimate of drug-likeness (QED) is 0.437. The van der Waals surface area contributed by atoms with Gasteiger partial charge in [0.1, 0.15) is 11.6 Å². The number of para-hydroxylation sites is 1. The highest BCUT2D eigenvalue weighted by molar-refractivity contribution is 9.10. The van der Waals surface area contributed by atoms with Gasteiger partial charge in [-0.3, -0.25) is 9.36 Å². The molecule has 28 heavy (non-hydrogen) atoms. The number of methoxy groups -OCH3 is 1. The molecule has 5 heteroatoms. The summed E-state index contributed by atoms with van der Waals surface area (Å²) >= 11 is 3.44. The number of halogens is 1. The maximum atomic E-state index is 13.2. The molecule has 0 saturated heterocycles. The van der Waals surface area contributed by atoms with Crippen LogP contribution >= 0.6 is 15.9 Å². The van der Waals surface area contributed by atoms with E-state index in [1.807, 2.05) is 78.9 Å². The molecule has 0 aliphatic rings. The van der Waals surface area contributed by atoms with Crippen molar-refractivity contribution in [2.24, 2.45) is 0 Å². The zero-order chi connectivity index (χ0) is 19.5. The molecule has 0 radical (unpaired) electrons. The highest BCUT2D eigenvalue weighted by atomic mass is 79.9. The molecule has 1 aromatic heterocycles. The maximum absolute atomic E-state index is 13.2. The van der Waals surface area contributed by atoms with E-state index < -0.39 is 0 Å². The zero-order valence-electron chi connectivity index (χ0n) is 15.2. The first-order valence-electron chi connectivity index (χ1n) is 8.75. The average molecular weight is 433 g/mol. The van der Waals surface area contributed by atoms with Gasteiger partial charge in [-0.25, -0.2) is 4.98 Å². The molecule has 0 unspecified atom stereocenters. The molecule has 138 valence electrons. The summed E-state index contributed by atoms with van der Waals surface area (Å²) in [5.74, 6) is 1.30. The Morgan fingerprint density at radius 2 is 1.64 bits per heavy atom.